The predicted octanol–water partition coefficient (Wildman–Crippen LogP) is 3.08. The summed E-state index contributed by atoms with van der Waals surface area (Å²) >= 11 is 7.22. The third-order valence-corrected chi connectivity index (χ3v) is 5.14. The van der Waals surface area contributed by atoms with Crippen LogP contribution >= 0.6 is 23.6 Å². The Morgan fingerprint density at radius 3 is 2.48 bits per heavy atom. The van der Waals surface area contributed by atoms with E-state index in [1.165, 1.54) is 17.7 Å². The lowest BCUT2D eigenvalue weighted by Gasteiger charge is -2.36. The van der Waals surface area contributed by atoms with Gasteiger partial charge in [0, 0.05) is 39.3 Å². The van der Waals surface area contributed by atoms with Gasteiger partial charge < -0.3 is 10.2 Å². The van der Waals surface area contributed by atoms with Crippen molar-refractivity contribution >= 4 is 28.7 Å². The molecule has 0 radical (unpaired) electrons. The minimum atomic E-state index is -0.210. The van der Waals surface area contributed by atoms with E-state index in [9.17, 15) is 4.39 Å². The smallest absolute Gasteiger partial charge is 0.169 e. The molecule has 1 saturated heterocycles. The molecule has 1 aromatic carbocycles. The van der Waals surface area contributed by atoms with Crippen LogP contribution in [0.5, 0.6) is 0 Å². The standard InChI is InChI=1S/C17H20FN3S2/c18-16-3-1-14(2-4-16)11-19-17(22)21-8-6-20(7-9-21)12-15-5-10-23-13-15/h1-5,10,13H,6-9,11-12H2,(H,19,22). The number of thiophene rings is 1. The molecular weight excluding hydrogens is 329 g/mol. The third-order valence-electron chi connectivity index (χ3n) is 4.00. The first-order valence-electron chi connectivity index (χ1n) is 7.71. The molecule has 6 heteroatoms. The van der Waals surface area contributed by atoms with Gasteiger partial charge in [-0.2, -0.15) is 11.3 Å². The molecule has 1 aliphatic heterocycles. The number of rotatable bonds is 4. The molecule has 1 fully saturated rings. The topological polar surface area (TPSA) is 18.5 Å². The Morgan fingerprint density at radius 1 is 1.09 bits per heavy atom. The highest BCUT2D eigenvalue weighted by Gasteiger charge is 2.18. The maximum Gasteiger partial charge on any atom is 0.169 e. The quantitative estimate of drug-likeness (QED) is 0.855. The number of piperazine rings is 1. The van der Waals surface area contributed by atoms with Crippen LogP contribution in [0.15, 0.2) is 41.1 Å². The normalized spacial score (nSPS) is 15.6. The number of nitrogens with zero attached hydrogens (tertiary/aromatic N) is 2. The van der Waals surface area contributed by atoms with Crippen molar-refractivity contribution in [2.24, 2.45) is 0 Å². The molecule has 0 amide bonds. The van der Waals surface area contributed by atoms with Crippen molar-refractivity contribution in [1.82, 2.24) is 15.1 Å². The van der Waals surface area contributed by atoms with Crippen molar-refractivity contribution in [2.45, 2.75) is 13.1 Å². The zero-order chi connectivity index (χ0) is 16.1. The fraction of sp³-hybridized carbons (Fsp3) is 0.353. The molecule has 3 nitrogen and oxygen atoms in total. The van der Waals surface area contributed by atoms with Gasteiger partial charge in [0.1, 0.15) is 5.82 Å². The molecule has 122 valence electrons. The van der Waals surface area contributed by atoms with Crippen LogP contribution in [0.3, 0.4) is 0 Å². The van der Waals surface area contributed by atoms with E-state index in [0.29, 0.717) is 6.54 Å². The van der Waals surface area contributed by atoms with Crippen molar-refractivity contribution in [2.75, 3.05) is 26.2 Å². The van der Waals surface area contributed by atoms with Crippen molar-refractivity contribution in [3.8, 4) is 0 Å². The van der Waals surface area contributed by atoms with Gasteiger partial charge >= 0.3 is 0 Å². The van der Waals surface area contributed by atoms with E-state index in [-0.39, 0.29) is 5.82 Å². The number of thiocarbonyl (C=S) groups is 1. The second-order valence-corrected chi connectivity index (χ2v) is 6.85. The van der Waals surface area contributed by atoms with Crippen LogP contribution in [0.4, 0.5) is 4.39 Å². The van der Waals surface area contributed by atoms with Crippen LogP contribution in [0, 0.1) is 5.82 Å². The molecule has 0 saturated carbocycles. The zero-order valence-corrected chi connectivity index (χ0v) is 14.5. The number of benzene rings is 1. The molecule has 1 aliphatic rings. The van der Waals surface area contributed by atoms with Gasteiger partial charge in [-0.3, -0.25) is 4.90 Å². The van der Waals surface area contributed by atoms with Crippen LogP contribution in [0.25, 0.3) is 0 Å². The Hall–Kier alpha value is -1.50. The number of hydrogen-bond acceptors (Lipinski definition) is 3. The van der Waals surface area contributed by atoms with Crippen LogP contribution in [-0.4, -0.2) is 41.1 Å². The Bertz CT molecular complexity index is 620. The van der Waals surface area contributed by atoms with Crippen molar-refractivity contribution in [3.63, 3.8) is 0 Å². The molecule has 2 heterocycles. The van der Waals surface area contributed by atoms with Crippen molar-refractivity contribution in [1.29, 1.82) is 0 Å². The van der Waals surface area contributed by atoms with E-state index in [1.54, 1.807) is 23.5 Å². The lowest BCUT2D eigenvalue weighted by molar-refractivity contribution is 0.174. The van der Waals surface area contributed by atoms with E-state index in [0.717, 1.165) is 43.4 Å². The maximum absolute atomic E-state index is 12.9. The van der Waals surface area contributed by atoms with Gasteiger partial charge in [0.2, 0.25) is 0 Å². The van der Waals surface area contributed by atoms with E-state index in [1.807, 2.05) is 0 Å². The van der Waals surface area contributed by atoms with Crippen LogP contribution < -0.4 is 5.32 Å². The van der Waals surface area contributed by atoms with Crippen LogP contribution in [0.1, 0.15) is 11.1 Å². The largest absolute Gasteiger partial charge is 0.358 e. The van der Waals surface area contributed by atoms with Crippen LogP contribution in [0.2, 0.25) is 0 Å². The van der Waals surface area contributed by atoms with Gasteiger partial charge in [-0.15, -0.1) is 0 Å². The average Bonchev–Trinajstić information content (AvgIpc) is 3.08. The monoisotopic (exact) mass is 349 g/mol. The fourth-order valence-electron chi connectivity index (χ4n) is 2.64. The highest BCUT2D eigenvalue weighted by atomic mass is 32.1. The molecule has 23 heavy (non-hydrogen) atoms. The van der Waals surface area contributed by atoms with E-state index in [2.05, 4.69) is 31.9 Å². The Labute approximate surface area is 145 Å². The molecule has 0 aliphatic carbocycles. The molecule has 2 aromatic rings. The van der Waals surface area contributed by atoms with Gasteiger partial charge in [-0.1, -0.05) is 12.1 Å². The molecule has 0 spiro atoms. The first-order valence-corrected chi connectivity index (χ1v) is 9.06. The Morgan fingerprint density at radius 2 is 1.83 bits per heavy atom. The van der Waals surface area contributed by atoms with E-state index < -0.39 is 0 Å². The summed E-state index contributed by atoms with van der Waals surface area (Å²) in [5.74, 6) is -0.210. The summed E-state index contributed by atoms with van der Waals surface area (Å²) in [6, 6.07) is 8.70. The first-order chi connectivity index (χ1) is 11.2. The minimum absolute atomic E-state index is 0.210. The molecule has 1 N–H and O–H groups in total. The van der Waals surface area contributed by atoms with Crippen molar-refractivity contribution < 1.29 is 4.39 Å². The summed E-state index contributed by atoms with van der Waals surface area (Å²) in [7, 11) is 0. The Balaban J connectivity index is 1.42. The molecule has 0 atom stereocenters. The third kappa shape index (κ3) is 4.73. The summed E-state index contributed by atoms with van der Waals surface area (Å²) in [5.41, 5.74) is 2.42. The van der Waals surface area contributed by atoms with E-state index in [4.69, 9.17) is 12.2 Å². The average molecular weight is 350 g/mol. The minimum Gasteiger partial charge on any atom is -0.358 e. The summed E-state index contributed by atoms with van der Waals surface area (Å²) in [5, 5.41) is 8.38. The lowest BCUT2D eigenvalue weighted by Crippen LogP contribution is -2.51. The summed E-state index contributed by atoms with van der Waals surface area (Å²) < 4.78 is 12.9. The molecule has 0 bridgehead atoms. The van der Waals surface area contributed by atoms with Gasteiger partial charge in [-0.25, -0.2) is 4.39 Å². The van der Waals surface area contributed by atoms with Gasteiger partial charge in [0.25, 0.3) is 0 Å². The maximum atomic E-state index is 12.9. The highest BCUT2D eigenvalue weighted by Crippen LogP contribution is 2.12. The number of halogens is 1. The summed E-state index contributed by atoms with van der Waals surface area (Å²) in [6.45, 7) is 5.59. The molecule has 0 unspecified atom stereocenters. The number of hydrogen-bond donors (Lipinski definition) is 1. The van der Waals surface area contributed by atoms with Crippen molar-refractivity contribution in [3.05, 3.63) is 58.0 Å². The molecule has 3 rings (SSSR count). The second-order valence-electron chi connectivity index (χ2n) is 5.68. The Kier molecular flexibility index (Phi) is 5.59. The zero-order valence-electron chi connectivity index (χ0n) is 12.9. The SMILES string of the molecule is Fc1ccc(CNC(=S)N2CCN(Cc3ccsc3)CC2)cc1. The second kappa shape index (κ2) is 7.86. The molecular formula is C17H20FN3S2. The summed E-state index contributed by atoms with van der Waals surface area (Å²) in [6.07, 6.45) is 0. The predicted molar refractivity (Wildman–Crippen MR) is 97.0 cm³/mol. The van der Waals surface area contributed by atoms with Gasteiger partial charge in [-0.05, 0) is 52.3 Å². The lowest BCUT2D eigenvalue weighted by atomic mass is 10.2. The number of nitrogens with one attached hydrogen (secondary N) is 1. The first kappa shape index (κ1) is 16.4. The van der Waals surface area contributed by atoms with Gasteiger partial charge in [0.15, 0.2) is 5.11 Å². The summed E-state index contributed by atoms with van der Waals surface area (Å²) in [4.78, 5) is 4.67. The highest BCUT2D eigenvalue weighted by molar-refractivity contribution is 7.80. The fourth-order valence-corrected chi connectivity index (χ4v) is 3.56. The molecule has 1 aromatic heterocycles. The van der Waals surface area contributed by atoms with Gasteiger partial charge in [0.05, 0.1) is 0 Å². The van der Waals surface area contributed by atoms with Crippen LogP contribution in [-0.2, 0) is 13.1 Å². The van der Waals surface area contributed by atoms with E-state index >= 15 is 0 Å².